The van der Waals surface area contributed by atoms with Crippen LogP contribution in [0, 0.1) is 0 Å². The number of nitrogens with zero attached hydrogens (tertiary/aromatic N) is 6. The van der Waals surface area contributed by atoms with Crippen LogP contribution in [0.1, 0.15) is 41.0 Å². The monoisotopic (exact) mass is 682 g/mol. The number of amides is 2. The fourth-order valence-electron chi connectivity index (χ4n) is 5.98. The summed E-state index contributed by atoms with van der Waals surface area (Å²) in [6.45, 7) is 8.91. The molecule has 0 aliphatic carbocycles. The molecule has 2 aliphatic rings. The molecule has 2 aliphatic heterocycles. The Kier molecular flexibility index (Phi) is 9.56. The van der Waals surface area contributed by atoms with E-state index in [1.807, 2.05) is 61.5 Å². The molecule has 11 heteroatoms. The van der Waals surface area contributed by atoms with Gasteiger partial charge in [-0.15, -0.1) is 0 Å². The van der Waals surface area contributed by atoms with Crippen LogP contribution < -0.4 is 19.0 Å². The third-order valence-electron chi connectivity index (χ3n) is 8.61. The van der Waals surface area contributed by atoms with Crippen LogP contribution in [-0.4, -0.2) is 91.8 Å². The number of piperazine rings is 1. The molecule has 6 rings (SSSR count). The van der Waals surface area contributed by atoms with Crippen molar-refractivity contribution in [1.29, 1.82) is 0 Å². The van der Waals surface area contributed by atoms with Crippen LogP contribution in [0.15, 0.2) is 78.9 Å². The van der Waals surface area contributed by atoms with Gasteiger partial charge in [0.05, 0.1) is 0 Å². The van der Waals surface area contributed by atoms with E-state index >= 15 is 0 Å². The topological polar surface area (TPSA) is 91.2 Å². The van der Waals surface area contributed by atoms with E-state index in [9.17, 15) is 14.4 Å². The van der Waals surface area contributed by atoms with Gasteiger partial charge in [-0.25, -0.2) is 0 Å². The molecule has 2 amide bonds. The van der Waals surface area contributed by atoms with Gasteiger partial charge in [-0.05, 0) is 0 Å². The molecule has 1 fully saturated rings. The third-order valence-corrected chi connectivity index (χ3v) is 11.0. The summed E-state index contributed by atoms with van der Waals surface area (Å²) in [4.78, 5) is 49.1. The zero-order valence-electron chi connectivity index (χ0n) is 26.5. The number of likely N-dealkylation sites (N-methyl/N-ethyl adjacent to an activating group) is 1. The zero-order chi connectivity index (χ0) is 32.2. The summed E-state index contributed by atoms with van der Waals surface area (Å²) in [5, 5.41) is 4.65. The second-order valence-electron chi connectivity index (χ2n) is 11.5. The van der Waals surface area contributed by atoms with Gasteiger partial charge in [0.25, 0.3) is 0 Å². The van der Waals surface area contributed by atoms with Gasteiger partial charge in [-0.2, -0.15) is 0 Å². The van der Waals surface area contributed by atoms with Crippen LogP contribution in [0.25, 0.3) is 0 Å². The Hall–Kier alpha value is -4.40. The fraction of sp³-hybridized carbons (Fsp3) is 0.314. The summed E-state index contributed by atoms with van der Waals surface area (Å²) in [6.07, 6.45) is 0.135. The Morgan fingerprint density at radius 3 is 2.26 bits per heavy atom. The molecule has 238 valence electrons. The summed E-state index contributed by atoms with van der Waals surface area (Å²) >= 11 is -1.45. The van der Waals surface area contributed by atoms with E-state index in [0.717, 1.165) is 55.1 Å². The Morgan fingerprint density at radius 2 is 1.57 bits per heavy atom. The van der Waals surface area contributed by atoms with E-state index in [1.54, 1.807) is 34.1 Å². The predicted octanol–water partition coefficient (Wildman–Crippen LogP) is 4.11. The van der Waals surface area contributed by atoms with Crippen molar-refractivity contribution in [2.45, 2.75) is 33.4 Å². The zero-order valence-corrected chi connectivity index (χ0v) is 28.6. The van der Waals surface area contributed by atoms with E-state index in [0.29, 0.717) is 28.0 Å². The predicted molar refractivity (Wildman–Crippen MR) is 181 cm³/mol. The summed E-state index contributed by atoms with van der Waals surface area (Å²) in [5.41, 5.74) is 5.06. The fourth-order valence-corrected chi connectivity index (χ4v) is 8.18. The number of urea groups is 1. The standard InChI is InChI=1S/C35H39AsN6O4/c1-4-25-11-9-10-14-30(25)41(5-2)34(44)40-23-29-31(24-40)42(35(45)46-28-12-7-6-8-13-28)37-32(29)36-33(43)26-15-17-27(18-16-26)39-21-19-38(3)20-22-39/h6-18,36H,4-5,19-24H2,1-3H3. The summed E-state index contributed by atoms with van der Waals surface area (Å²) in [5.74, 6) is 0.394. The minimum atomic E-state index is -1.45. The number of carbonyl (C=O) groups excluding carboxylic acids is 3. The molecule has 1 atom stereocenters. The number of hydrogen-bond acceptors (Lipinski definition) is 7. The van der Waals surface area contributed by atoms with Crippen molar-refractivity contribution in [3.63, 3.8) is 0 Å². The van der Waals surface area contributed by atoms with Crippen molar-refractivity contribution in [3.8, 4) is 5.75 Å². The van der Waals surface area contributed by atoms with Gasteiger partial charge in [0, 0.05) is 0 Å². The summed E-state index contributed by atoms with van der Waals surface area (Å²) in [7, 11) is 2.13. The van der Waals surface area contributed by atoms with Crippen molar-refractivity contribution >= 4 is 48.3 Å². The molecule has 1 unspecified atom stereocenters. The Morgan fingerprint density at radius 1 is 0.870 bits per heavy atom. The molecule has 3 heterocycles. The van der Waals surface area contributed by atoms with E-state index in [2.05, 4.69) is 28.9 Å². The van der Waals surface area contributed by atoms with Crippen molar-refractivity contribution < 1.29 is 19.1 Å². The van der Waals surface area contributed by atoms with Crippen molar-refractivity contribution in [2.24, 2.45) is 0 Å². The summed E-state index contributed by atoms with van der Waals surface area (Å²) < 4.78 is 7.50. The molecule has 0 radical (unpaired) electrons. The average molecular weight is 683 g/mol. The number of carbonyl (C=O) groups is 3. The minimum absolute atomic E-state index is 0.0191. The number of fused-ring (bicyclic) bond motifs is 1. The number of para-hydroxylation sites is 2. The van der Waals surface area contributed by atoms with Crippen molar-refractivity contribution in [3.05, 3.63) is 101 Å². The number of rotatable bonds is 8. The quantitative estimate of drug-likeness (QED) is 0.259. The van der Waals surface area contributed by atoms with Crippen LogP contribution >= 0.6 is 0 Å². The SMILES string of the molecule is CCc1ccccc1N(CC)C(=O)N1Cc2c([AsH]C(=O)c3ccc(N4CCN(C)CC4)cc3)nn(C(=O)Oc3ccccc3)c2C1. The molecule has 10 nitrogen and oxygen atoms in total. The van der Waals surface area contributed by atoms with E-state index in [-0.39, 0.29) is 23.7 Å². The van der Waals surface area contributed by atoms with Gasteiger partial charge < -0.3 is 0 Å². The Labute approximate surface area is 276 Å². The normalized spacial score (nSPS) is 14.9. The van der Waals surface area contributed by atoms with Crippen LogP contribution in [-0.2, 0) is 19.5 Å². The average Bonchev–Trinajstić information content (AvgIpc) is 3.66. The third kappa shape index (κ3) is 6.59. The van der Waals surface area contributed by atoms with Crippen molar-refractivity contribution in [1.82, 2.24) is 19.6 Å². The molecule has 0 N–H and O–H groups in total. The van der Waals surface area contributed by atoms with E-state index in [1.165, 1.54) is 4.68 Å². The van der Waals surface area contributed by atoms with Gasteiger partial charge in [0.2, 0.25) is 0 Å². The van der Waals surface area contributed by atoms with Crippen molar-refractivity contribution in [2.75, 3.05) is 49.6 Å². The molecule has 46 heavy (non-hydrogen) atoms. The first-order chi connectivity index (χ1) is 22.4. The number of ether oxygens (including phenoxy) is 1. The Bertz CT molecular complexity index is 1720. The van der Waals surface area contributed by atoms with Gasteiger partial charge in [-0.3, -0.25) is 0 Å². The number of benzene rings is 3. The van der Waals surface area contributed by atoms with E-state index in [4.69, 9.17) is 4.74 Å². The maximum absolute atomic E-state index is 14.0. The van der Waals surface area contributed by atoms with Crippen LogP contribution in [0.5, 0.6) is 5.75 Å². The molecule has 3 aromatic carbocycles. The van der Waals surface area contributed by atoms with Crippen LogP contribution in [0.4, 0.5) is 21.0 Å². The maximum atomic E-state index is 14.0. The molecule has 0 bridgehead atoms. The van der Waals surface area contributed by atoms with Gasteiger partial charge in [0.1, 0.15) is 0 Å². The molecule has 1 aromatic heterocycles. The summed E-state index contributed by atoms with van der Waals surface area (Å²) in [6, 6.07) is 24.4. The van der Waals surface area contributed by atoms with Gasteiger partial charge in [-0.1, -0.05) is 0 Å². The molecule has 0 saturated carbocycles. The Balaban J connectivity index is 1.25. The number of aryl methyl sites for hydroxylation is 1. The second kappa shape index (κ2) is 13.9. The molecule has 1 saturated heterocycles. The van der Waals surface area contributed by atoms with Crippen LogP contribution in [0.3, 0.4) is 0 Å². The van der Waals surface area contributed by atoms with Gasteiger partial charge in [0.15, 0.2) is 0 Å². The second-order valence-corrected chi connectivity index (χ2v) is 14.0. The first kappa shape index (κ1) is 31.6. The first-order valence-electron chi connectivity index (χ1n) is 15.7. The number of aromatic nitrogens is 2. The molecule has 4 aromatic rings. The van der Waals surface area contributed by atoms with E-state index < -0.39 is 21.8 Å². The van der Waals surface area contributed by atoms with Crippen LogP contribution in [0.2, 0.25) is 0 Å². The first-order valence-corrected chi connectivity index (χ1v) is 17.8. The molecular weight excluding hydrogens is 643 g/mol. The number of anilines is 2. The number of hydrogen-bond donors (Lipinski definition) is 0. The molecule has 0 spiro atoms. The van der Waals surface area contributed by atoms with Gasteiger partial charge >= 0.3 is 277 Å². The molecular formula is C35H39AsN6O4.